The maximum Gasteiger partial charge on any atom is 0.268 e. The Morgan fingerprint density at radius 3 is 2.79 bits per heavy atom. The van der Waals surface area contributed by atoms with E-state index in [-0.39, 0.29) is 5.91 Å². The maximum atomic E-state index is 13.0. The Kier molecular flexibility index (Phi) is 4.97. The van der Waals surface area contributed by atoms with Crippen LogP contribution in [0.1, 0.15) is 61.3 Å². The van der Waals surface area contributed by atoms with Crippen LogP contribution in [0.4, 0.5) is 0 Å². The molecule has 1 aliphatic heterocycles. The van der Waals surface area contributed by atoms with E-state index in [1.54, 1.807) is 7.11 Å². The summed E-state index contributed by atoms with van der Waals surface area (Å²) < 4.78 is 5.31. The molecule has 2 saturated carbocycles. The molecule has 3 N–H and O–H groups in total. The molecule has 4 heteroatoms. The summed E-state index contributed by atoms with van der Waals surface area (Å²) in [4.78, 5) is 13.0. The van der Waals surface area contributed by atoms with E-state index in [0.717, 1.165) is 47.9 Å². The van der Waals surface area contributed by atoms with Gasteiger partial charge in [0.05, 0.1) is 0 Å². The molecule has 0 unspecified atom stereocenters. The van der Waals surface area contributed by atoms with Gasteiger partial charge in [0, 0.05) is 30.8 Å². The first-order valence-electron chi connectivity index (χ1n) is 10.4. The van der Waals surface area contributed by atoms with Crippen LogP contribution in [0.5, 0.6) is 0 Å². The number of nitrogens with one attached hydrogen (secondary N) is 1. The molecule has 1 aromatic carbocycles. The zero-order valence-corrected chi connectivity index (χ0v) is 17.1. The molecule has 2 fully saturated rings. The highest BCUT2D eigenvalue weighted by atomic mass is 16.5. The van der Waals surface area contributed by atoms with Crippen LogP contribution in [0.3, 0.4) is 0 Å². The van der Waals surface area contributed by atoms with Gasteiger partial charge in [-0.2, -0.15) is 0 Å². The van der Waals surface area contributed by atoms with E-state index in [2.05, 4.69) is 36.2 Å². The maximum absolute atomic E-state index is 13.0. The minimum Gasteiger partial charge on any atom is -0.594 e. The quantitative estimate of drug-likeness (QED) is 0.645. The number of carbonyl (C=O) groups is 1. The number of benzene rings is 1. The van der Waals surface area contributed by atoms with E-state index in [9.17, 15) is 4.79 Å². The number of hydrogen-bond donors (Lipinski definition) is 1. The van der Waals surface area contributed by atoms with E-state index in [0.29, 0.717) is 29.8 Å². The smallest absolute Gasteiger partial charge is 0.268 e. The fraction of sp³-hybridized carbons (Fsp3) is 0.542. The van der Waals surface area contributed by atoms with Gasteiger partial charge in [-0.1, -0.05) is 18.8 Å². The van der Waals surface area contributed by atoms with E-state index in [1.165, 1.54) is 12.8 Å². The molecule has 4 nitrogen and oxygen atoms in total. The predicted octanol–water partition coefficient (Wildman–Crippen LogP) is 3.07. The monoisotopic (exact) mass is 380 g/mol. The van der Waals surface area contributed by atoms with Gasteiger partial charge in [-0.25, -0.2) is 0 Å². The number of carbonyl (C=O) groups excluding carboxylic acids is 1. The van der Waals surface area contributed by atoms with Crippen LogP contribution in [0.15, 0.2) is 17.9 Å². The summed E-state index contributed by atoms with van der Waals surface area (Å²) in [5, 5.41) is 12.1. The van der Waals surface area contributed by atoms with Crippen molar-refractivity contribution in [1.82, 2.24) is 5.32 Å². The molecule has 1 spiro atoms. The third-order valence-corrected chi connectivity index (χ3v) is 6.37. The molecule has 1 aromatic rings. The average molecular weight is 381 g/mol. The zero-order valence-electron chi connectivity index (χ0n) is 17.1. The molecule has 1 amide bonds. The Bertz CT molecular complexity index is 900. The lowest BCUT2D eigenvalue weighted by Gasteiger charge is -2.21. The summed E-state index contributed by atoms with van der Waals surface area (Å²) in [6.45, 7) is 4.83. The van der Waals surface area contributed by atoms with Crippen molar-refractivity contribution in [2.45, 2.75) is 57.9 Å². The first-order valence-corrected chi connectivity index (χ1v) is 10.4. The van der Waals surface area contributed by atoms with Crippen molar-refractivity contribution in [1.29, 1.82) is 0 Å². The summed E-state index contributed by atoms with van der Waals surface area (Å²) in [5.74, 6) is 7.96. The second-order valence-corrected chi connectivity index (χ2v) is 8.57. The van der Waals surface area contributed by atoms with Crippen LogP contribution < -0.4 is 5.32 Å². The van der Waals surface area contributed by atoms with Gasteiger partial charge in [-0.05, 0) is 74.6 Å². The van der Waals surface area contributed by atoms with Gasteiger partial charge in [-0.3, -0.25) is 4.79 Å². The second kappa shape index (κ2) is 7.29. The Hall–Kier alpha value is -2.25. The summed E-state index contributed by atoms with van der Waals surface area (Å²) in [7, 11) is 1.71. The van der Waals surface area contributed by atoms with Crippen LogP contribution in [0.2, 0.25) is 0 Å². The van der Waals surface area contributed by atoms with E-state index in [1.807, 2.05) is 6.92 Å². The van der Waals surface area contributed by atoms with Gasteiger partial charge < -0.3 is 15.2 Å². The SMILES string of the molecule is CCc1cc(C#CC2CC2)cc(C)c1C1=C([OH2+])[C@@]2(CC[C@H](COC)C2)NC1=O. The van der Waals surface area contributed by atoms with Crippen molar-refractivity contribution < 1.29 is 14.6 Å². The second-order valence-electron chi connectivity index (χ2n) is 8.57. The molecule has 148 valence electrons. The van der Waals surface area contributed by atoms with E-state index < -0.39 is 5.54 Å². The van der Waals surface area contributed by atoms with Crippen molar-refractivity contribution in [3.8, 4) is 11.8 Å². The Labute approximate surface area is 167 Å². The molecule has 4 rings (SSSR count). The topological polar surface area (TPSA) is 61.2 Å². The van der Waals surface area contributed by atoms with E-state index >= 15 is 0 Å². The predicted molar refractivity (Wildman–Crippen MR) is 111 cm³/mol. The van der Waals surface area contributed by atoms with Crippen molar-refractivity contribution >= 4 is 11.5 Å². The third kappa shape index (κ3) is 3.33. The number of methoxy groups -OCH3 is 1. The number of rotatable bonds is 4. The molecule has 0 aromatic heterocycles. The van der Waals surface area contributed by atoms with E-state index in [4.69, 9.17) is 9.84 Å². The number of hydrogen-bond acceptors (Lipinski definition) is 2. The first-order chi connectivity index (χ1) is 13.5. The van der Waals surface area contributed by atoms with Crippen LogP contribution >= 0.6 is 0 Å². The van der Waals surface area contributed by atoms with Crippen molar-refractivity contribution in [3.63, 3.8) is 0 Å². The van der Waals surface area contributed by atoms with Crippen LogP contribution in [-0.4, -0.2) is 30.3 Å². The summed E-state index contributed by atoms with van der Waals surface area (Å²) in [6.07, 6.45) is 5.84. The highest BCUT2D eigenvalue weighted by Gasteiger charge is 2.54. The lowest BCUT2D eigenvalue weighted by atomic mass is 9.88. The molecule has 0 radical (unpaired) electrons. The highest BCUT2D eigenvalue weighted by molar-refractivity contribution is 6.24. The minimum absolute atomic E-state index is 0.0994. The molecule has 1 heterocycles. The third-order valence-electron chi connectivity index (χ3n) is 6.37. The molecule has 2 aliphatic carbocycles. The minimum atomic E-state index is -0.516. The van der Waals surface area contributed by atoms with Crippen molar-refractivity contribution in [2.24, 2.45) is 11.8 Å². The lowest BCUT2D eigenvalue weighted by Crippen LogP contribution is -2.42. The zero-order chi connectivity index (χ0) is 19.9. The molecular weight excluding hydrogens is 350 g/mol. The number of ether oxygens (including phenoxy) is 1. The molecule has 0 bridgehead atoms. The molecule has 28 heavy (non-hydrogen) atoms. The van der Waals surface area contributed by atoms with Gasteiger partial charge in [0.2, 0.25) is 0 Å². The standard InChI is InChI=1S/C24H29NO3/c1-4-19-12-17(8-7-16-5-6-16)11-15(2)20(19)21-22(26)24(25-23(21)27)10-9-18(13-24)14-28-3/h11-12,16,18,26H,4-6,9-10,13-14H2,1-3H3,(H,25,27)/p+1/t18-,24-/m0/s1. The fourth-order valence-corrected chi connectivity index (χ4v) is 4.78. The van der Waals surface area contributed by atoms with Crippen molar-refractivity contribution in [2.75, 3.05) is 13.7 Å². The summed E-state index contributed by atoms with van der Waals surface area (Å²) >= 11 is 0. The largest absolute Gasteiger partial charge is 0.594 e. The lowest BCUT2D eigenvalue weighted by molar-refractivity contribution is -0.116. The molecule has 2 atom stereocenters. The number of amides is 1. The normalized spacial score (nSPS) is 26.5. The Balaban J connectivity index is 1.73. The molecule has 3 aliphatic rings. The van der Waals surface area contributed by atoms with Gasteiger partial charge in [0.1, 0.15) is 11.1 Å². The van der Waals surface area contributed by atoms with Crippen LogP contribution in [0, 0.1) is 30.6 Å². The van der Waals surface area contributed by atoms with Gasteiger partial charge in [-0.15, -0.1) is 0 Å². The number of aryl methyl sites for hydroxylation is 2. The Morgan fingerprint density at radius 1 is 1.32 bits per heavy atom. The highest BCUT2D eigenvalue weighted by Crippen LogP contribution is 2.46. The summed E-state index contributed by atoms with van der Waals surface area (Å²) in [5.41, 5.74) is 4.16. The van der Waals surface area contributed by atoms with Crippen LogP contribution in [0.25, 0.3) is 5.57 Å². The Morgan fingerprint density at radius 2 is 2.11 bits per heavy atom. The van der Waals surface area contributed by atoms with Crippen molar-refractivity contribution in [3.05, 3.63) is 40.1 Å². The van der Waals surface area contributed by atoms with Gasteiger partial charge in [0.25, 0.3) is 11.7 Å². The summed E-state index contributed by atoms with van der Waals surface area (Å²) in [6, 6.07) is 4.18. The molecular formula is C24H30NO3+. The fourth-order valence-electron chi connectivity index (χ4n) is 4.78. The molecule has 0 saturated heterocycles. The first kappa shape index (κ1) is 19.1. The van der Waals surface area contributed by atoms with Gasteiger partial charge in [0.15, 0.2) is 0 Å². The van der Waals surface area contributed by atoms with Crippen LogP contribution in [-0.2, 0) is 16.0 Å². The van der Waals surface area contributed by atoms with Gasteiger partial charge >= 0.3 is 0 Å². The average Bonchev–Trinajstić information content (AvgIpc) is 3.37.